The highest BCUT2D eigenvalue weighted by atomic mass is 19.1. The summed E-state index contributed by atoms with van der Waals surface area (Å²) in [6, 6.07) is 13.3. The average Bonchev–Trinajstić information content (AvgIpc) is 2.66. The molecular weight excluding hydrogens is 339 g/mol. The quantitative estimate of drug-likeness (QED) is 0.841. The van der Waals surface area contributed by atoms with Gasteiger partial charge in [0.15, 0.2) is 0 Å². The number of piperidine rings is 1. The van der Waals surface area contributed by atoms with Crippen molar-refractivity contribution in [1.82, 2.24) is 10.2 Å². The van der Waals surface area contributed by atoms with E-state index in [0.29, 0.717) is 6.54 Å². The van der Waals surface area contributed by atoms with E-state index in [1.807, 2.05) is 19.1 Å². The highest BCUT2D eigenvalue weighted by Crippen LogP contribution is 2.23. The van der Waals surface area contributed by atoms with Gasteiger partial charge in [-0.05, 0) is 63.9 Å². The van der Waals surface area contributed by atoms with E-state index in [0.717, 1.165) is 31.5 Å². The summed E-state index contributed by atoms with van der Waals surface area (Å²) in [6.45, 7) is 8.46. The lowest BCUT2D eigenvalue weighted by Gasteiger charge is -2.32. The summed E-state index contributed by atoms with van der Waals surface area (Å²) in [5, 5.41) is 3.19. The highest BCUT2D eigenvalue weighted by molar-refractivity contribution is 5.79. The van der Waals surface area contributed by atoms with Crippen LogP contribution < -0.4 is 5.32 Å². The van der Waals surface area contributed by atoms with Crippen LogP contribution in [-0.4, -0.2) is 23.9 Å². The zero-order valence-electron chi connectivity index (χ0n) is 16.5. The first-order chi connectivity index (χ1) is 12.9. The van der Waals surface area contributed by atoms with Gasteiger partial charge in [0.05, 0.1) is 6.04 Å². The van der Waals surface area contributed by atoms with Crippen molar-refractivity contribution >= 4 is 5.91 Å². The van der Waals surface area contributed by atoms with Gasteiger partial charge >= 0.3 is 0 Å². The number of halogens is 1. The molecule has 1 aliphatic heterocycles. The van der Waals surface area contributed by atoms with Gasteiger partial charge < -0.3 is 5.32 Å². The molecule has 0 spiro atoms. The second-order valence-corrected chi connectivity index (χ2v) is 7.73. The Morgan fingerprint density at radius 1 is 1.19 bits per heavy atom. The van der Waals surface area contributed by atoms with Gasteiger partial charge in [-0.25, -0.2) is 4.39 Å². The van der Waals surface area contributed by atoms with Crippen LogP contribution >= 0.6 is 0 Å². The molecule has 144 valence electrons. The molecule has 3 rings (SSSR count). The number of amides is 1. The summed E-state index contributed by atoms with van der Waals surface area (Å²) >= 11 is 0. The largest absolute Gasteiger partial charge is 0.349 e. The van der Waals surface area contributed by atoms with Crippen LogP contribution in [0.2, 0.25) is 0 Å². The molecule has 1 atom stereocenters. The predicted octanol–water partition coefficient (Wildman–Crippen LogP) is 4.53. The number of nitrogens with zero attached hydrogens (tertiary/aromatic N) is 1. The second kappa shape index (κ2) is 8.66. The zero-order valence-corrected chi connectivity index (χ0v) is 16.5. The lowest BCUT2D eigenvalue weighted by molar-refractivity contribution is -0.127. The SMILES string of the molecule is Cc1ccc(C)c(C(C)NC(=O)C2CCN(Cc3ccccc3F)CC2)c1. The number of likely N-dealkylation sites (tertiary alicyclic amines) is 1. The summed E-state index contributed by atoms with van der Waals surface area (Å²) in [7, 11) is 0. The van der Waals surface area contributed by atoms with Crippen molar-refractivity contribution in [3.8, 4) is 0 Å². The molecule has 1 heterocycles. The number of carbonyl (C=O) groups is 1. The Kier molecular flexibility index (Phi) is 6.27. The number of rotatable bonds is 5. The number of carbonyl (C=O) groups excluding carboxylic acids is 1. The normalized spacial score (nSPS) is 16.9. The number of hydrogen-bond acceptors (Lipinski definition) is 2. The Balaban J connectivity index is 1.52. The summed E-state index contributed by atoms with van der Waals surface area (Å²) < 4.78 is 13.8. The Labute approximate surface area is 161 Å². The van der Waals surface area contributed by atoms with Crippen molar-refractivity contribution < 1.29 is 9.18 Å². The second-order valence-electron chi connectivity index (χ2n) is 7.73. The van der Waals surface area contributed by atoms with E-state index in [1.54, 1.807) is 6.07 Å². The molecule has 0 aromatic heterocycles. The van der Waals surface area contributed by atoms with E-state index in [4.69, 9.17) is 0 Å². The Morgan fingerprint density at radius 3 is 2.59 bits per heavy atom. The lowest BCUT2D eigenvalue weighted by Crippen LogP contribution is -2.41. The molecular formula is C23H29FN2O. The molecule has 0 saturated carbocycles. The first-order valence-corrected chi connectivity index (χ1v) is 9.77. The van der Waals surface area contributed by atoms with Crippen LogP contribution in [0.5, 0.6) is 0 Å². The van der Waals surface area contributed by atoms with Gasteiger partial charge in [-0.3, -0.25) is 9.69 Å². The third-order valence-electron chi connectivity index (χ3n) is 5.57. The van der Waals surface area contributed by atoms with Gasteiger partial charge in [-0.1, -0.05) is 42.0 Å². The minimum absolute atomic E-state index is 0.00819. The molecule has 1 aliphatic rings. The molecule has 1 unspecified atom stereocenters. The van der Waals surface area contributed by atoms with Crippen molar-refractivity contribution in [2.45, 2.75) is 46.2 Å². The molecule has 0 bridgehead atoms. The van der Waals surface area contributed by atoms with Crippen LogP contribution in [0.3, 0.4) is 0 Å². The maximum absolute atomic E-state index is 13.8. The lowest BCUT2D eigenvalue weighted by atomic mass is 9.94. The molecule has 0 aliphatic carbocycles. The van der Waals surface area contributed by atoms with E-state index in [9.17, 15) is 9.18 Å². The molecule has 1 saturated heterocycles. The summed E-state index contributed by atoms with van der Waals surface area (Å²) in [4.78, 5) is 14.9. The molecule has 4 heteroatoms. The Morgan fingerprint density at radius 2 is 1.89 bits per heavy atom. The van der Waals surface area contributed by atoms with Crippen LogP contribution in [0, 0.1) is 25.6 Å². The van der Waals surface area contributed by atoms with E-state index in [1.165, 1.54) is 22.8 Å². The molecule has 1 fully saturated rings. The molecule has 2 aromatic carbocycles. The minimum Gasteiger partial charge on any atom is -0.349 e. The zero-order chi connectivity index (χ0) is 19.4. The first-order valence-electron chi connectivity index (χ1n) is 9.77. The third-order valence-corrected chi connectivity index (χ3v) is 5.57. The summed E-state index contributed by atoms with van der Waals surface area (Å²) in [5.41, 5.74) is 4.32. The van der Waals surface area contributed by atoms with Gasteiger partial charge in [0, 0.05) is 18.0 Å². The average molecular weight is 368 g/mol. The molecule has 1 amide bonds. The maximum atomic E-state index is 13.8. The minimum atomic E-state index is -0.153. The molecule has 3 nitrogen and oxygen atoms in total. The van der Waals surface area contributed by atoms with Gasteiger partial charge in [0.1, 0.15) is 5.82 Å². The van der Waals surface area contributed by atoms with Crippen LogP contribution in [-0.2, 0) is 11.3 Å². The van der Waals surface area contributed by atoms with Gasteiger partial charge in [-0.15, -0.1) is 0 Å². The standard InChI is InChI=1S/C23H29FN2O/c1-16-8-9-17(2)21(14-16)18(3)25-23(27)19-10-12-26(13-11-19)15-20-6-4-5-7-22(20)24/h4-9,14,18-19H,10-13,15H2,1-3H3,(H,25,27). The van der Waals surface area contributed by atoms with E-state index in [-0.39, 0.29) is 23.7 Å². The van der Waals surface area contributed by atoms with Crippen molar-refractivity contribution in [3.05, 3.63) is 70.5 Å². The number of nitrogens with one attached hydrogen (secondary N) is 1. The smallest absolute Gasteiger partial charge is 0.223 e. The van der Waals surface area contributed by atoms with Crippen LogP contribution in [0.4, 0.5) is 4.39 Å². The van der Waals surface area contributed by atoms with Gasteiger partial charge in [-0.2, -0.15) is 0 Å². The van der Waals surface area contributed by atoms with Crippen LogP contribution in [0.25, 0.3) is 0 Å². The van der Waals surface area contributed by atoms with Gasteiger partial charge in [0.2, 0.25) is 5.91 Å². The van der Waals surface area contributed by atoms with Crippen molar-refractivity contribution in [2.24, 2.45) is 5.92 Å². The third kappa shape index (κ3) is 4.95. The monoisotopic (exact) mass is 368 g/mol. The fourth-order valence-corrected chi connectivity index (χ4v) is 3.86. The van der Waals surface area contributed by atoms with Crippen molar-refractivity contribution in [2.75, 3.05) is 13.1 Å². The highest BCUT2D eigenvalue weighted by Gasteiger charge is 2.26. The van der Waals surface area contributed by atoms with Crippen molar-refractivity contribution in [3.63, 3.8) is 0 Å². The maximum Gasteiger partial charge on any atom is 0.223 e. The van der Waals surface area contributed by atoms with Gasteiger partial charge in [0.25, 0.3) is 0 Å². The molecule has 0 radical (unpaired) electrons. The van der Waals surface area contributed by atoms with Crippen LogP contribution in [0.1, 0.15) is 48.1 Å². The molecule has 2 aromatic rings. The predicted molar refractivity (Wildman–Crippen MR) is 107 cm³/mol. The van der Waals surface area contributed by atoms with E-state index < -0.39 is 0 Å². The number of aryl methyl sites for hydroxylation is 2. The van der Waals surface area contributed by atoms with Crippen molar-refractivity contribution in [1.29, 1.82) is 0 Å². The fraction of sp³-hybridized carbons (Fsp3) is 0.435. The first kappa shape index (κ1) is 19.6. The van der Waals surface area contributed by atoms with E-state index in [2.05, 4.69) is 42.3 Å². The number of benzene rings is 2. The van der Waals surface area contributed by atoms with E-state index >= 15 is 0 Å². The molecule has 27 heavy (non-hydrogen) atoms. The summed E-state index contributed by atoms with van der Waals surface area (Å²) in [6.07, 6.45) is 1.64. The Hall–Kier alpha value is -2.20. The van der Waals surface area contributed by atoms with Crippen LogP contribution in [0.15, 0.2) is 42.5 Å². The molecule has 1 N–H and O–H groups in total. The topological polar surface area (TPSA) is 32.3 Å². The summed E-state index contributed by atoms with van der Waals surface area (Å²) in [5.74, 6) is 0.0168. The number of hydrogen-bond donors (Lipinski definition) is 1. The fourth-order valence-electron chi connectivity index (χ4n) is 3.86. The Bertz CT molecular complexity index is 797.